The average molecular weight is 173 g/mol. The fourth-order valence-electron chi connectivity index (χ4n) is 1.06. The van der Waals surface area contributed by atoms with E-state index in [1.54, 1.807) is 24.9 Å². The van der Waals surface area contributed by atoms with Crippen LogP contribution in [-0.2, 0) is 0 Å². The molecule has 1 saturated heterocycles. The summed E-state index contributed by atoms with van der Waals surface area (Å²) in [6.45, 7) is 0. The summed E-state index contributed by atoms with van der Waals surface area (Å²) >= 11 is 0. The molecule has 1 rings (SSSR count). The lowest BCUT2D eigenvalue weighted by atomic mass is 10.3. The van der Waals surface area contributed by atoms with Gasteiger partial charge in [-0.15, -0.1) is 24.8 Å². The monoisotopic (exact) mass is 172 g/mol. The van der Waals surface area contributed by atoms with Crippen molar-refractivity contribution in [1.29, 1.82) is 0 Å². The molecule has 1 aliphatic rings. The quantitative estimate of drug-likeness (QED) is 0.491. The van der Waals surface area contributed by atoms with E-state index in [2.05, 4.69) is 0 Å². The first-order valence-corrected chi connectivity index (χ1v) is 5.00. The Morgan fingerprint density at radius 1 is 0.750 bits per heavy atom. The first kappa shape index (κ1) is 11.6. The highest BCUT2D eigenvalue weighted by Crippen LogP contribution is 2.10. The van der Waals surface area contributed by atoms with Crippen LogP contribution in [-0.4, -0.2) is 9.52 Å². The largest absolute Gasteiger partial charge is 0.147 e. The maximum Gasteiger partial charge on any atom is 0.0197 e. The van der Waals surface area contributed by atoms with E-state index in [4.69, 9.17) is 0 Å². The summed E-state index contributed by atoms with van der Waals surface area (Å²) in [4.78, 5) is 0. The summed E-state index contributed by atoms with van der Waals surface area (Å²) < 4.78 is 0. The minimum absolute atomic E-state index is 0. The molecule has 0 amide bonds. The van der Waals surface area contributed by atoms with E-state index in [1.807, 2.05) is 0 Å². The Balaban J connectivity index is 0. The summed E-state index contributed by atoms with van der Waals surface area (Å²) in [7, 11) is 0.508. The van der Waals surface area contributed by atoms with Gasteiger partial charge in [0.05, 0.1) is 0 Å². The highest BCUT2D eigenvalue weighted by molar-refractivity contribution is 6.35. The highest BCUT2D eigenvalue weighted by atomic mass is 35.5. The van der Waals surface area contributed by atoms with Gasteiger partial charge >= 0.3 is 0 Å². The van der Waals surface area contributed by atoms with Crippen LogP contribution in [0.3, 0.4) is 0 Å². The van der Waals surface area contributed by atoms with E-state index in [1.165, 1.54) is 6.42 Å². The highest BCUT2D eigenvalue weighted by Gasteiger charge is 1.96. The number of rotatable bonds is 0. The van der Waals surface area contributed by atoms with Crippen LogP contribution in [0.15, 0.2) is 0 Å². The van der Waals surface area contributed by atoms with Crippen molar-refractivity contribution in [2.24, 2.45) is 0 Å². The van der Waals surface area contributed by atoms with Gasteiger partial charge < -0.3 is 0 Å². The third-order valence-corrected chi connectivity index (χ3v) is 3.50. The zero-order chi connectivity index (χ0) is 4.24. The summed E-state index contributed by atoms with van der Waals surface area (Å²) in [6.07, 6.45) is 4.66. The van der Waals surface area contributed by atoms with Gasteiger partial charge in [0.1, 0.15) is 0 Å². The van der Waals surface area contributed by atoms with Crippen molar-refractivity contribution in [1.82, 2.24) is 0 Å². The third-order valence-electron chi connectivity index (χ3n) is 1.50. The molecule has 0 nitrogen and oxygen atoms in total. The Hall–Kier alpha value is 0.797. The van der Waals surface area contributed by atoms with Gasteiger partial charge in [0.2, 0.25) is 0 Å². The fraction of sp³-hybridized carbons (Fsp3) is 1.00. The normalized spacial score (nSPS) is 18.0. The fourth-order valence-corrected chi connectivity index (χ4v) is 2.83. The number of halogens is 2. The van der Waals surface area contributed by atoms with Crippen molar-refractivity contribution < 1.29 is 0 Å². The van der Waals surface area contributed by atoms with Crippen LogP contribution < -0.4 is 0 Å². The Morgan fingerprint density at radius 2 is 1.25 bits per heavy atom. The summed E-state index contributed by atoms with van der Waals surface area (Å²) in [5.74, 6) is 0. The van der Waals surface area contributed by atoms with Crippen LogP contribution >= 0.6 is 24.8 Å². The molecule has 0 N–H and O–H groups in total. The lowest BCUT2D eigenvalue weighted by Crippen LogP contribution is -1.94. The predicted octanol–water partition coefficient (Wildman–Crippen LogP) is 2.02. The number of hydrogen-bond acceptors (Lipinski definition) is 0. The minimum atomic E-state index is 0. The molecule has 1 fully saturated rings. The van der Waals surface area contributed by atoms with Crippen molar-refractivity contribution in [3.05, 3.63) is 0 Å². The van der Waals surface area contributed by atoms with Crippen LogP contribution in [0, 0.1) is 0 Å². The molecule has 8 heavy (non-hydrogen) atoms. The van der Waals surface area contributed by atoms with Crippen LogP contribution in [0.2, 0.25) is 12.1 Å². The SMILES string of the molecule is C1CC[SiH2]CC1.Cl.Cl. The molecule has 52 valence electrons. The second-order valence-corrected chi connectivity index (χ2v) is 4.24. The van der Waals surface area contributed by atoms with E-state index >= 15 is 0 Å². The molecule has 0 unspecified atom stereocenters. The van der Waals surface area contributed by atoms with Gasteiger partial charge in [0.15, 0.2) is 0 Å². The van der Waals surface area contributed by atoms with Crippen LogP contribution in [0.5, 0.6) is 0 Å². The van der Waals surface area contributed by atoms with Gasteiger partial charge in [-0.1, -0.05) is 31.4 Å². The Morgan fingerprint density at radius 3 is 1.38 bits per heavy atom. The Labute approximate surface area is 66.1 Å². The molecule has 0 radical (unpaired) electrons. The molecule has 0 bridgehead atoms. The van der Waals surface area contributed by atoms with Crippen molar-refractivity contribution >= 4 is 34.3 Å². The molecule has 0 spiro atoms. The van der Waals surface area contributed by atoms with Crippen molar-refractivity contribution in [3.63, 3.8) is 0 Å². The topological polar surface area (TPSA) is 0 Å². The molecule has 0 aromatic rings. The van der Waals surface area contributed by atoms with Gasteiger partial charge in [-0.25, -0.2) is 0 Å². The Bertz CT molecular complexity index is 25.9. The molecular formula is C5H14Cl2Si. The molecule has 1 aliphatic heterocycles. The average Bonchev–Trinajstić information content (AvgIpc) is 1.72. The molecule has 0 atom stereocenters. The van der Waals surface area contributed by atoms with Crippen LogP contribution in [0.25, 0.3) is 0 Å². The second kappa shape index (κ2) is 7.80. The van der Waals surface area contributed by atoms with E-state index in [9.17, 15) is 0 Å². The van der Waals surface area contributed by atoms with Gasteiger partial charge in [-0.2, -0.15) is 0 Å². The molecule has 3 heteroatoms. The van der Waals surface area contributed by atoms with Crippen LogP contribution in [0.1, 0.15) is 19.3 Å². The van der Waals surface area contributed by atoms with Gasteiger partial charge in [-0.05, 0) is 0 Å². The standard InChI is InChI=1S/C5H12Si.2ClH/c1-2-4-6-5-3-1;;/h1-6H2;2*1H. The zero-order valence-electron chi connectivity index (χ0n) is 5.06. The lowest BCUT2D eigenvalue weighted by Gasteiger charge is -2.04. The smallest absolute Gasteiger partial charge is 0.0197 e. The molecule has 0 aromatic carbocycles. The second-order valence-electron chi connectivity index (χ2n) is 2.12. The summed E-state index contributed by atoms with van der Waals surface area (Å²) in [5.41, 5.74) is 0. The van der Waals surface area contributed by atoms with Crippen molar-refractivity contribution in [3.8, 4) is 0 Å². The van der Waals surface area contributed by atoms with Crippen molar-refractivity contribution in [2.45, 2.75) is 31.4 Å². The summed E-state index contributed by atoms with van der Waals surface area (Å²) in [6, 6.07) is 3.28. The van der Waals surface area contributed by atoms with Crippen molar-refractivity contribution in [2.75, 3.05) is 0 Å². The molecule has 0 saturated carbocycles. The molecular weight excluding hydrogens is 159 g/mol. The zero-order valence-corrected chi connectivity index (χ0v) is 8.11. The Kier molecular flexibility index (Phi) is 11.3. The molecule has 0 aromatic heterocycles. The van der Waals surface area contributed by atoms with E-state index in [0.717, 1.165) is 0 Å². The first-order valence-electron chi connectivity index (χ1n) is 3.00. The van der Waals surface area contributed by atoms with E-state index in [0.29, 0.717) is 9.52 Å². The minimum Gasteiger partial charge on any atom is -0.147 e. The lowest BCUT2D eigenvalue weighted by molar-refractivity contribution is 0.734. The molecule has 1 heterocycles. The molecule has 0 aliphatic carbocycles. The maximum atomic E-state index is 1.64. The van der Waals surface area contributed by atoms with Gasteiger partial charge in [0, 0.05) is 9.52 Å². The van der Waals surface area contributed by atoms with Gasteiger partial charge in [0.25, 0.3) is 0 Å². The van der Waals surface area contributed by atoms with E-state index < -0.39 is 0 Å². The van der Waals surface area contributed by atoms with Crippen LogP contribution in [0.4, 0.5) is 0 Å². The van der Waals surface area contributed by atoms with Gasteiger partial charge in [-0.3, -0.25) is 0 Å². The maximum absolute atomic E-state index is 1.64. The predicted molar refractivity (Wildman–Crippen MR) is 46.5 cm³/mol. The third kappa shape index (κ3) is 4.94. The first-order chi connectivity index (χ1) is 3.00. The number of hydrogen-bond donors (Lipinski definition) is 0. The summed E-state index contributed by atoms with van der Waals surface area (Å²) in [5, 5.41) is 0. The van der Waals surface area contributed by atoms with E-state index in [-0.39, 0.29) is 24.8 Å².